The summed E-state index contributed by atoms with van der Waals surface area (Å²) in [6, 6.07) is 14.1. The summed E-state index contributed by atoms with van der Waals surface area (Å²) >= 11 is 0. The van der Waals surface area contributed by atoms with Crippen molar-refractivity contribution in [3.8, 4) is 0 Å². The molecule has 0 amide bonds. The molecule has 2 aliphatic rings. The van der Waals surface area contributed by atoms with Crippen LogP contribution in [-0.4, -0.2) is 19.9 Å². The van der Waals surface area contributed by atoms with Gasteiger partial charge < -0.3 is 9.97 Å². The van der Waals surface area contributed by atoms with E-state index in [0.717, 1.165) is 44.8 Å². The van der Waals surface area contributed by atoms with Crippen LogP contribution in [0.1, 0.15) is 24.1 Å². The number of hydrogen-bond acceptors (Lipinski definition) is 2. The van der Waals surface area contributed by atoms with Crippen LogP contribution in [0.5, 0.6) is 0 Å². The van der Waals surface area contributed by atoms with Crippen LogP contribution in [0.25, 0.3) is 46.4 Å². The van der Waals surface area contributed by atoms with Crippen molar-refractivity contribution < 1.29 is 20.8 Å². The van der Waals surface area contributed by atoms with Gasteiger partial charge in [0.1, 0.15) is 0 Å². The van der Waals surface area contributed by atoms with Crippen LogP contribution in [-0.2, 0) is 19.5 Å². The van der Waals surface area contributed by atoms with Crippen LogP contribution in [0, 0.1) is 0 Å². The number of hydrogen-bond donors (Lipinski definition) is 2. The van der Waals surface area contributed by atoms with E-state index in [1.807, 2.05) is 66.8 Å². The van der Waals surface area contributed by atoms with E-state index in [9.17, 15) is 0 Å². The van der Waals surface area contributed by atoms with Crippen LogP contribution < -0.4 is 0 Å². The maximum atomic E-state index is 8.15. The quantitative estimate of drug-likeness (QED) is 0.386. The van der Waals surface area contributed by atoms with E-state index in [-0.39, 0.29) is 19.5 Å². The van der Waals surface area contributed by atoms with Crippen molar-refractivity contribution in [2.24, 2.45) is 0 Å². The molecule has 25 heavy (non-hydrogen) atoms. The minimum atomic E-state index is 0. The van der Waals surface area contributed by atoms with Gasteiger partial charge in [-0.2, -0.15) is 0 Å². The molecular formula is C20H14N4Zn+2. The molecule has 8 bridgehead atoms. The van der Waals surface area contributed by atoms with Gasteiger partial charge in [-0.1, -0.05) is 0 Å². The summed E-state index contributed by atoms with van der Waals surface area (Å²) in [6.07, 6.45) is 7.91. The number of fused-ring (bicyclic) bond motifs is 8. The first-order valence-electron chi connectivity index (χ1n) is 8.26. The van der Waals surface area contributed by atoms with Crippen LogP contribution in [0.15, 0.2) is 48.5 Å². The van der Waals surface area contributed by atoms with Gasteiger partial charge in [-0.05, 0) is 72.8 Å². The fourth-order valence-electron chi connectivity index (χ4n) is 2.87. The maximum Gasteiger partial charge on any atom is 2.00 e. The van der Waals surface area contributed by atoms with E-state index >= 15 is 0 Å². The second-order valence-corrected chi connectivity index (χ2v) is 5.82. The molecule has 4 nitrogen and oxygen atoms in total. The number of nitrogens with zero attached hydrogens (tertiary/aromatic N) is 2. The average molecular weight is 377 g/mol. The van der Waals surface area contributed by atoms with Gasteiger partial charge in [-0.15, -0.1) is 0 Å². The predicted molar refractivity (Wildman–Crippen MR) is 98.9 cm³/mol. The standard InChI is InChI=1S/C20H14N4.Zn/c1-2-14-10-16-5-6-18(23-16)12-20-8-7-19(24-20)11-17-4-3-15(22-17)9-13(1)21-14;/h1-12,21-22H;/q;+2/i1D;. The molecular weight excluding hydrogens is 362 g/mol. The zero-order valence-electron chi connectivity index (χ0n) is 14.5. The topological polar surface area (TPSA) is 57.4 Å². The number of aromatic nitrogens is 4. The molecule has 5 rings (SSSR count). The molecule has 5 heterocycles. The van der Waals surface area contributed by atoms with E-state index in [2.05, 4.69) is 19.9 Å². The van der Waals surface area contributed by atoms with Crippen molar-refractivity contribution >= 4 is 46.4 Å². The molecule has 2 aliphatic heterocycles. The molecule has 3 aromatic rings. The van der Waals surface area contributed by atoms with E-state index < -0.39 is 0 Å². The van der Waals surface area contributed by atoms with Crippen molar-refractivity contribution in [3.63, 3.8) is 0 Å². The molecule has 114 valence electrons. The minimum Gasteiger partial charge on any atom is -0.355 e. The van der Waals surface area contributed by atoms with Crippen molar-refractivity contribution in [2.75, 3.05) is 0 Å². The molecule has 0 atom stereocenters. The van der Waals surface area contributed by atoms with Gasteiger partial charge in [0.25, 0.3) is 0 Å². The molecule has 3 aromatic heterocycles. The Labute approximate surface area is 158 Å². The van der Waals surface area contributed by atoms with Gasteiger partial charge in [0.15, 0.2) is 0 Å². The molecule has 0 aliphatic carbocycles. The van der Waals surface area contributed by atoms with Gasteiger partial charge in [0, 0.05) is 22.1 Å². The van der Waals surface area contributed by atoms with Crippen molar-refractivity contribution in [1.82, 2.24) is 19.9 Å². The Morgan fingerprint density at radius 3 is 1.72 bits per heavy atom. The Kier molecular flexibility index (Phi) is 3.65. The normalized spacial score (nSPS) is 12.7. The van der Waals surface area contributed by atoms with E-state index in [1.54, 1.807) is 0 Å². The largest absolute Gasteiger partial charge is 2.00 e. The fourth-order valence-corrected chi connectivity index (χ4v) is 2.87. The minimum absolute atomic E-state index is 0. The molecule has 0 fully saturated rings. The molecule has 0 unspecified atom stereocenters. The third kappa shape index (κ3) is 3.24. The zero-order valence-corrected chi connectivity index (χ0v) is 16.4. The monoisotopic (exact) mass is 375 g/mol. The van der Waals surface area contributed by atoms with Gasteiger partial charge in [-0.25, -0.2) is 9.97 Å². The summed E-state index contributed by atoms with van der Waals surface area (Å²) in [5, 5.41) is 0. The maximum absolute atomic E-state index is 8.15. The first-order valence-corrected chi connectivity index (χ1v) is 7.76. The Hall–Kier alpha value is -2.78. The number of nitrogens with one attached hydrogen (secondary N) is 2. The van der Waals surface area contributed by atoms with Crippen molar-refractivity contribution in [2.45, 2.75) is 0 Å². The summed E-state index contributed by atoms with van der Waals surface area (Å²) in [7, 11) is 0. The van der Waals surface area contributed by atoms with Crippen molar-refractivity contribution in [3.05, 3.63) is 71.3 Å². The van der Waals surface area contributed by atoms with Crippen molar-refractivity contribution in [1.29, 1.82) is 0 Å². The molecule has 5 heteroatoms. The molecule has 0 saturated heterocycles. The summed E-state index contributed by atoms with van der Waals surface area (Å²) < 4.78 is 8.15. The fraction of sp³-hybridized carbons (Fsp3) is 0. The SMILES string of the molecule is [2H]c1cc2cc3nc(cc4nc(cc5ccc(cc1[nH]2)[nH]5)C=C4)C=C3.[Zn+2]. The van der Waals surface area contributed by atoms with E-state index in [0.29, 0.717) is 6.04 Å². The van der Waals surface area contributed by atoms with E-state index in [4.69, 9.17) is 1.37 Å². The van der Waals surface area contributed by atoms with Gasteiger partial charge in [0.2, 0.25) is 0 Å². The molecule has 0 aromatic carbocycles. The first kappa shape index (κ1) is 14.6. The van der Waals surface area contributed by atoms with E-state index in [1.165, 1.54) is 0 Å². The summed E-state index contributed by atoms with van der Waals surface area (Å²) in [5.41, 5.74) is 7.04. The van der Waals surface area contributed by atoms with Crippen LogP contribution in [0.3, 0.4) is 0 Å². The molecule has 0 saturated carbocycles. The Morgan fingerprint density at radius 1 is 0.600 bits per heavy atom. The smallest absolute Gasteiger partial charge is 0.355 e. The first-order chi connectivity index (χ1) is 12.2. The third-order valence-electron chi connectivity index (χ3n) is 3.96. The van der Waals surface area contributed by atoms with Crippen LogP contribution >= 0.6 is 0 Å². The zero-order chi connectivity index (χ0) is 16.8. The number of aromatic amines is 2. The number of rotatable bonds is 0. The van der Waals surface area contributed by atoms with Crippen LogP contribution in [0.4, 0.5) is 0 Å². The van der Waals surface area contributed by atoms with Crippen LogP contribution in [0.2, 0.25) is 0 Å². The third-order valence-corrected chi connectivity index (χ3v) is 3.96. The average Bonchev–Trinajstić information content (AvgIpc) is 3.33. The summed E-state index contributed by atoms with van der Waals surface area (Å²) in [4.78, 5) is 15.8. The Morgan fingerprint density at radius 2 is 1.08 bits per heavy atom. The second-order valence-electron chi connectivity index (χ2n) is 5.82. The summed E-state index contributed by atoms with van der Waals surface area (Å²) in [6.45, 7) is 0. The predicted octanol–water partition coefficient (Wildman–Crippen LogP) is 4.65. The molecule has 0 radical (unpaired) electrons. The van der Waals surface area contributed by atoms with Gasteiger partial charge in [0.05, 0.1) is 24.1 Å². The van der Waals surface area contributed by atoms with Gasteiger partial charge >= 0.3 is 19.5 Å². The Bertz CT molecular complexity index is 1220. The summed E-state index contributed by atoms with van der Waals surface area (Å²) in [5.74, 6) is 0. The second kappa shape index (κ2) is 6.26. The molecule has 2 N–H and O–H groups in total. The van der Waals surface area contributed by atoms with Gasteiger partial charge in [-0.3, -0.25) is 0 Å². The number of H-pyrrole nitrogens is 2. The molecule has 0 spiro atoms. The Balaban J connectivity index is 0.00000168.